The number of ether oxygens (including phenoxy) is 2. The molecule has 2 aromatic carbocycles. The number of nitrogens with two attached hydrogens (primary N) is 1. The largest absolute Gasteiger partial charge is 0.507 e. The normalized spacial score (nSPS) is 17.2. The summed E-state index contributed by atoms with van der Waals surface area (Å²) in [5.74, 6) is -1.17. The number of nitrogens with zero attached hydrogens (tertiary/aromatic N) is 3. The molecule has 3 aromatic rings. The standard InChI is InChI=1S/C30H36Cl2N6O8S/c1-19-9-13-37(25(14-19)46-30(41)42)28(40)24(8-5-10-34-29-35-11-12-36-29)38(17-26(39)45-18-20-6-3-2-4-7-20)47(43,44)21-15-22(31)27(33)23(32)16-21/h2-4,6-7,11-12,15-16,19,24-25H,5,8-10,13-14,17-18,33H2,1H3,(H,41,42)(H2,34,35,36)/t19?,24-,25?/m0/s1. The van der Waals surface area contributed by atoms with Crippen LogP contribution >= 0.6 is 23.2 Å². The van der Waals surface area contributed by atoms with Crippen LogP contribution in [0.2, 0.25) is 10.0 Å². The lowest BCUT2D eigenvalue weighted by molar-refractivity contribution is -0.153. The highest BCUT2D eigenvalue weighted by Crippen LogP contribution is 2.34. The molecule has 1 saturated heterocycles. The quantitative estimate of drug-likeness (QED) is 0.104. The molecule has 3 atom stereocenters. The minimum Gasteiger partial charge on any atom is -0.460 e. The lowest BCUT2D eigenvalue weighted by Gasteiger charge is -2.40. The van der Waals surface area contributed by atoms with Crippen LogP contribution < -0.4 is 11.1 Å². The molecule has 17 heteroatoms. The molecule has 5 N–H and O–H groups in total. The highest BCUT2D eigenvalue weighted by atomic mass is 35.5. The van der Waals surface area contributed by atoms with Gasteiger partial charge in [-0.2, -0.15) is 4.31 Å². The van der Waals surface area contributed by atoms with E-state index < -0.39 is 51.8 Å². The van der Waals surface area contributed by atoms with Crippen molar-refractivity contribution in [3.8, 4) is 0 Å². The van der Waals surface area contributed by atoms with E-state index in [4.69, 9.17) is 38.4 Å². The molecule has 0 spiro atoms. The van der Waals surface area contributed by atoms with E-state index in [1.54, 1.807) is 42.7 Å². The second-order valence-corrected chi connectivity index (χ2v) is 13.7. The Morgan fingerprint density at radius 1 is 1.21 bits per heavy atom. The van der Waals surface area contributed by atoms with E-state index in [1.165, 1.54) is 4.90 Å². The number of amides is 1. The van der Waals surface area contributed by atoms with Crippen molar-refractivity contribution in [1.29, 1.82) is 0 Å². The van der Waals surface area contributed by atoms with Crippen molar-refractivity contribution in [3.05, 3.63) is 70.5 Å². The zero-order valence-electron chi connectivity index (χ0n) is 25.5. The van der Waals surface area contributed by atoms with E-state index in [2.05, 4.69) is 15.3 Å². The lowest BCUT2D eigenvalue weighted by atomic mass is 9.96. The van der Waals surface area contributed by atoms with E-state index in [-0.39, 0.29) is 60.6 Å². The third kappa shape index (κ3) is 9.50. The zero-order valence-corrected chi connectivity index (χ0v) is 27.8. The number of carbonyl (C=O) groups is 3. The predicted octanol–water partition coefficient (Wildman–Crippen LogP) is 4.57. The number of halogens is 2. The summed E-state index contributed by atoms with van der Waals surface area (Å²) in [5, 5.41) is 12.2. The Morgan fingerprint density at radius 3 is 2.55 bits per heavy atom. The van der Waals surface area contributed by atoms with Crippen LogP contribution in [0.15, 0.2) is 59.8 Å². The maximum absolute atomic E-state index is 14.4. The fourth-order valence-corrected chi connectivity index (χ4v) is 7.36. The van der Waals surface area contributed by atoms with Gasteiger partial charge in [0.25, 0.3) is 0 Å². The fourth-order valence-electron chi connectivity index (χ4n) is 5.14. The number of esters is 1. The van der Waals surface area contributed by atoms with Crippen LogP contribution in [-0.2, 0) is 35.7 Å². The molecule has 254 valence electrons. The number of anilines is 2. The summed E-state index contributed by atoms with van der Waals surface area (Å²) >= 11 is 12.4. The second-order valence-electron chi connectivity index (χ2n) is 11.0. The number of imidazole rings is 1. The van der Waals surface area contributed by atoms with Crippen LogP contribution in [0.5, 0.6) is 0 Å². The van der Waals surface area contributed by atoms with Gasteiger partial charge in [0.05, 0.1) is 20.6 Å². The van der Waals surface area contributed by atoms with Gasteiger partial charge in [-0.1, -0.05) is 60.5 Å². The van der Waals surface area contributed by atoms with Gasteiger partial charge >= 0.3 is 12.1 Å². The summed E-state index contributed by atoms with van der Waals surface area (Å²) in [7, 11) is -4.69. The number of aromatic nitrogens is 2. The number of benzene rings is 2. The number of sulfonamides is 1. The van der Waals surface area contributed by atoms with E-state index in [0.717, 1.165) is 16.4 Å². The molecular formula is C30H36Cl2N6O8S. The molecule has 0 bridgehead atoms. The van der Waals surface area contributed by atoms with E-state index in [1.807, 2.05) is 6.92 Å². The molecular weight excluding hydrogens is 675 g/mol. The minimum atomic E-state index is -4.69. The molecule has 0 aliphatic carbocycles. The predicted molar refractivity (Wildman–Crippen MR) is 174 cm³/mol. The first kappa shape index (κ1) is 35.8. The smallest absolute Gasteiger partial charge is 0.460 e. The minimum absolute atomic E-state index is 0.0335. The first-order valence-corrected chi connectivity index (χ1v) is 17.0. The highest BCUT2D eigenvalue weighted by molar-refractivity contribution is 7.89. The number of piperidine rings is 1. The van der Waals surface area contributed by atoms with E-state index >= 15 is 0 Å². The molecule has 47 heavy (non-hydrogen) atoms. The Kier molecular flexibility index (Phi) is 12.3. The number of hydrogen-bond acceptors (Lipinski definition) is 10. The average molecular weight is 712 g/mol. The molecule has 14 nitrogen and oxygen atoms in total. The van der Waals surface area contributed by atoms with E-state index in [9.17, 15) is 27.9 Å². The van der Waals surface area contributed by atoms with Crippen LogP contribution in [0.1, 0.15) is 38.2 Å². The van der Waals surface area contributed by atoms with Crippen LogP contribution in [0.4, 0.5) is 16.4 Å². The van der Waals surface area contributed by atoms with Crippen LogP contribution in [0.3, 0.4) is 0 Å². The van der Waals surface area contributed by atoms with Crippen molar-refractivity contribution in [2.45, 2.75) is 56.4 Å². The summed E-state index contributed by atoms with van der Waals surface area (Å²) < 4.78 is 39.9. The van der Waals surface area contributed by atoms with Crippen molar-refractivity contribution >= 4 is 62.9 Å². The molecule has 1 aromatic heterocycles. The summed E-state index contributed by atoms with van der Waals surface area (Å²) in [5.41, 5.74) is 6.47. The van der Waals surface area contributed by atoms with Crippen molar-refractivity contribution in [1.82, 2.24) is 19.2 Å². The number of nitrogen functional groups attached to an aromatic ring is 1. The first-order valence-electron chi connectivity index (χ1n) is 14.8. The molecule has 2 unspecified atom stereocenters. The Labute approximate surface area is 282 Å². The van der Waals surface area contributed by atoms with E-state index in [0.29, 0.717) is 17.9 Å². The van der Waals surface area contributed by atoms with Gasteiger partial charge in [0.1, 0.15) is 19.2 Å². The number of hydrogen-bond donors (Lipinski definition) is 4. The number of H-pyrrole nitrogens is 1. The van der Waals surface area contributed by atoms with Crippen LogP contribution in [0.25, 0.3) is 0 Å². The molecule has 0 radical (unpaired) electrons. The number of nitrogens with one attached hydrogen (secondary N) is 2. The Hall–Kier alpha value is -4.05. The van der Waals surface area contributed by atoms with Gasteiger partial charge in [0.2, 0.25) is 15.9 Å². The third-order valence-electron chi connectivity index (χ3n) is 7.60. The van der Waals surface area contributed by atoms with Crippen molar-refractivity contribution in [2.75, 3.05) is 30.7 Å². The summed E-state index contributed by atoms with van der Waals surface area (Å²) in [6.45, 7) is 1.27. The van der Waals surface area contributed by atoms with Gasteiger partial charge in [-0.3, -0.25) is 9.59 Å². The van der Waals surface area contributed by atoms with Gasteiger partial charge in [-0.05, 0) is 42.9 Å². The van der Waals surface area contributed by atoms with Crippen molar-refractivity contribution < 1.29 is 37.4 Å². The summed E-state index contributed by atoms with van der Waals surface area (Å²) in [6.07, 6.45) is 1.30. The molecule has 1 aliphatic rings. The molecule has 1 fully saturated rings. The van der Waals surface area contributed by atoms with Gasteiger partial charge in [0.15, 0.2) is 12.2 Å². The number of rotatable bonds is 14. The molecule has 2 heterocycles. The SMILES string of the molecule is CC1CCN(C(=O)[C@H](CCCNc2ncc[nH]2)N(CC(=O)OCc2ccccc2)S(=O)(=O)c2cc(Cl)c(N)c(Cl)c2)C(OC(=O)O)C1. The number of likely N-dealkylation sites (tertiary alicyclic amines) is 1. The third-order valence-corrected chi connectivity index (χ3v) is 10.1. The van der Waals surface area contributed by atoms with Gasteiger partial charge in [-0.25, -0.2) is 18.2 Å². The van der Waals surface area contributed by atoms with Gasteiger partial charge in [-0.15, -0.1) is 0 Å². The summed E-state index contributed by atoms with van der Waals surface area (Å²) in [6, 6.07) is 9.45. The van der Waals surface area contributed by atoms with Crippen molar-refractivity contribution in [3.63, 3.8) is 0 Å². The topological polar surface area (TPSA) is 197 Å². The maximum atomic E-state index is 14.4. The Balaban J connectivity index is 1.72. The van der Waals surface area contributed by atoms with Crippen molar-refractivity contribution in [2.24, 2.45) is 5.92 Å². The van der Waals surface area contributed by atoms with Crippen LogP contribution in [-0.4, -0.2) is 82.6 Å². The Morgan fingerprint density at radius 2 is 1.91 bits per heavy atom. The zero-order chi connectivity index (χ0) is 34.1. The molecule has 1 amide bonds. The molecule has 1 aliphatic heterocycles. The van der Waals surface area contributed by atoms with Gasteiger partial charge < -0.3 is 35.5 Å². The monoisotopic (exact) mass is 710 g/mol. The number of aromatic amines is 1. The Bertz CT molecular complexity index is 1620. The fraction of sp³-hybridized carbons (Fsp3) is 0.400. The lowest BCUT2D eigenvalue weighted by Crippen LogP contribution is -2.57. The number of carboxylic acid groups (broad SMARTS) is 1. The maximum Gasteiger partial charge on any atom is 0.507 e. The first-order chi connectivity index (χ1) is 22.4. The second kappa shape index (κ2) is 16.2. The highest BCUT2D eigenvalue weighted by Gasteiger charge is 2.43. The molecule has 4 rings (SSSR count). The summed E-state index contributed by atoms with van der Waals surface area (Å²) in [4.78, 5) is 47.0. The van der Waals surface area contributed by atoms with Gasteiger partial charge in [0, 0.05) is 31.9 Å². The molecule has 0 saturated carbocycles. The van der Waals surface area contributed by atoms with Crippen LogP contribution in [0, 0.1) is 5.92 Å². The average Bonchev–Trinajstić information content (AvgIpc) is 3.55. The number of carbonyl (C=O) groups excluding carboxylic acids is 2.